The highest BCUT2D eigenvalue weighted by Crippen LogP contribution is 2.36. The van der Waals surface area contributed by atoms with Crippen LogP contribution in [-0.2, 0) is 0 Å². The topological polar surface area (TPSA) is 48.7 Å². The van der Waals surface area contributed by atoms with Gasteiger partial charge in [0, 0.05) is 36.3 Å². The lowest BCUT2D eigenvalue weighted by Crippen LogP contribution is -2.27. The number of anilines is 1. The van der Waals surface area contributed by atoms with Gasteiger partial charge >= 0.3 is 0 Å². The van der Waals surface area contributed by atoms with Crippen molar-refractivity contribution in [3.63, 3.8) is 0 Å². The molecule has 3 heterocycles. The highest BCUT2D eigenvalue weighted by atomic mass is 16.3. The van der Waals surface area contributed by atoms with Gasteiger partial charge in [-0.1, -0.05) is 12.1 Å². The standard InChI is InChI=1S/C18H17N3O/c1-2-21-11-15-17(22)10-20-18(15)14-4-3-13(9-16(14)21)12-5-7-19-8-6-12/h3-9,11,17,22H,2,10H2,1H3. The van der Waals surface area contributed by atoms with Crippen molar-refractivity contribution in [3.05, 3.63) is 60.1 Å². The van der Waals surface area contributed by atoms with E-state index < -0.39 is 6.10 Å². The number of benzene rings is 1. The molecule has 1 atom stereocenters. The molecule has 1 aromatic carbocycles. The first-order valence-electron chi connectivity index (χ1n) is 7.54. The number of hydrogen-bond acceptors (Lipinski definition) is 4. The predicted molar refractivity (Wildman–Crippen MR) is 88.2 cm³/mol. The first kappa shape index (κ1) is 13.2. The third-order valence-corrected chi connectivity index (χ3v) is 4.27. The van der Waals surface area contributed by atoms with Crippen LogP contribution in [0, 0.1) is 0 Å². The Morgan fingerprint density at radius 2 is 2.00 bits per heavy atom. The van der Waals surface area contributed by atoms with E-state index in [4.69, 9.17) is 0 Å². The Balaban J connectivity index is 1.85. The van der Waals surface area contributed by atoms with Crippen molar-refractivity contribution in [1.82, 2.24) is 4.98 Å². The van der Waals surface area contributed by atoms with E-state index in [0.717, 1.165) is 40.2 Å². The molecule has 0 saturated carbocycles. The average molecular weight is 291 g/mol. The molecule has 2 aromatic rings. The van der Waals surface area contributed by atoms with E-state index in [0.29, 0.717) is 6.54 Å². The molecule has 1 unspecified atom stereocenters. The summed E-state index contributed by atoms with van der Waals surface area (Å²) in [6.45, 7) is 3.43. The van der Waals surface area contributed by atoms with Gasteiger partial charge in [0.2, 0.25) is 0 Å². The summed E-state index contributed by atoms with van der Waals surface area (Å²) in [5, 5.41) is 10.1. The third-order valence-electron chi connectivity index (χ3n) is 4.27. The average Bonchev–Trinajstić information content (AvgIpc) is 2.95. The summed E-state index contributed by atoms with van der Waals surface area (Å²) < 4.78 is 0. The van der Waals surface area contributed by atoms with Crippen LogP contribution in [-0.4, -0.2) is 35.0 Å². The van der Waals surface area contributed by atoms with Crippen LogP contribution >= 0.6 is 0 Å². The predicted octanol–water partition coefficient (Wildman–Crippen LogP) is 2.64. The highest BCUT2D eigenvalue weighted by Gasteiger charge is 2.31. The Morgan fingerprint density at radius 1 is 1.18 bits per heavy atom. The van der Waals surface area contributed by atoms with Gasteiger partial charge in [0.25, 0.3) is 0 Å². The van der Waals surface area contributed by atoms with Gasteiger partial charge in [-0.05, 0) is 36.2 Å². The van der Waals surface area contributed by atoms with Gasteiger partial charge in [0.1, 0.15) is 6.10 Å². The number of pyridine rings is 1. The van der Waals surface area contributed by atoms with Crippen LogP contribution in [0.3, 0.4) is 0 Å². The maximum absolute atomic E-state index is 10.1. The number of aliphatic imine (C=N–C) groups is 1. The van der Waals surface area contributed by atoms with Crippen molar-refractivity contribution < 1.29 is 5.11 Å². The van der Waals surface area contributed by atoms with Crippen molar-refractivity contribution in [2.75, 3.05) is 18.0 Å². The second-order valence-electron chi connectivity index (χ2n) is 5.54. The zero-order valence-corrected chi connectivity index (χ0v) is 12.4. The van der Waals surface area contributed by atoms with Gasteiger partial charge in [-0.3, -0.25) is 9.98 Å². The summed E-state index contributed by atoms with van der Waals surface area (Å²) in [4.78, 5) is 10.8. The van der Waals surface area contributed by atoms with Gasteiger partial charge in [-0.2, -0.15) is 0 Å². The molecule has 1 N–H and O–H groups in total. The van der Waals surface area contributed by atoms with Crippen LogP contribution in [0.5, 0.6) is 0 Å². The first-order valence-corrected chi connectivity index (χ1v) is 7.54. The second kappa shape index (κ2) is 5.07. The van der Waals surface area contributed by atoms with Crippen LogP contribution in [0.25, 0.3) is 11.1 Å². The Morgan fingerprint density at radius 3 is 2.77 bits per heavy atom. The molecule has 4 rings (SSSR count). The Kier molecular flexibility index (Phi) is 3.05. The van der Waals surface area contributed by atoms with Crippen molar-refractivity contribution >= 4 is 11.4 Å². The number of aliphatic hydroxyl groups excluding tert-OH is 1. The Labute approximate surface area is 129 Å². The molecule has 1 aromatic heterocycles. The van der Waals surface area contributed by atoms with Crippen molar-refractivity contribution in [1.29, 1.82) is 0 Å². The van der Waals surface area contributed by atoms with E-state index in [2.05, 4.69) is 40.0 Å². The molecular formula is C18H17N3O. The molecule has 0 amide bonds. The lowest BCUT2D eigenvalue weighted by Gasteiger charge is -2.29. The zero-order chi connectivity index (χ0) is 15.1. The van der Waals surface area contributed by atoms with E-state index >= 15 is 0 Å². The number of aromatic nitrogens is 1. The summed E-state index contributed by atoms with van der Waals surface area (Å²) >= 11 is 0. The monoisotopic (exact) mass is 291 g/mol. The quantitative estimate of drug-likeness (QED) is 0.925. The number of nitrogens with zero attached hydrogens (tertiary/aromatic N) is 3. The maximum atomic E-state index is 10.1. The SMILES string of the molecule is CCN1C=C2C(=NCC2O)c2ccc(-c3ccncc3)cc21. The molecule has 0 saturated heterocycles. The molecule has 0 bridgehead atoms. The number of hydrogen-bond donors (Lipinski definition) is 1. The molecule has 0 aliphatic carbocycles. The fraction of sp³-hybridized carbons (Fsp3) is 0.222. The maximum Gasteiger partial charge on any atom is 0.102 e. The smallest absolute Gasteiger partial charge is 0.102 e. The number of aliphatic hydroxyl groups is 1. The van der Waals surface area contributed by atoms with Crippen LogP contribution in [0.1, 0.15) is 12.5 Å². The molecule has 0 spiro atoms. The van der Waals surface area contributed by atoms with Crippen LogP contribution < -0.4 is 4.90 Å². The molecule has 0 radical (unpaired) electrons. The van der Waals surface area contributed by atoms with Gasteiger partial charge in [0.05, 0.1) is 17.9 Å². The number of rotatable bonds is 2. The second-order valence-corrected chi connectivity index (χ2v) is 5.54. The number of fused-ring (bicyclic) bond motifs is 3. The molecule has 110 valence electrons. The summed E-state index contributed by atoms with van der Waals surface area (Å²) in [5.41, 5.74) is 6.44. The van der Waals surface area contributed by atoms with E-state index in [-0.39, 0.29) is 0 Å². The van der Waals surface area contributed by atoms with Crippen molar-refractivity contribution in [3.8, 4) is 11.1 Å². The normalized spacial score (nSPS) is 19.4. The first-order chi connectivity index (χ1) is 10.8. The summed E-state index contributed by atoms with van der Waals surface area (Å²) in [7, 11) is 0. The van der Waals surface area contributed by atoms with E-state index in [1.165, 1.54) is 0 Å². The molecule has 2 aliphatic heterocycles. The Bertz CT molecular complexity index is 780. The summed E-state index contributed by atoms with van der Waals surface area (Å²) in [6, 6.07) is 10.4. The minimum Gasteiger partial charge on any atom is -0.386 e. The molecule has 4 heteroatoms. The molecule has 2 aliphatic rings. The van der Waals surface area contributed by atoms with Gasteiger partial charge in [-0.15, -0.1) is 0 Å². The molecule has 22 heavy (non-hydrogen) atoms. The molecule has 4 nitrogen and oxygen atoms in total. The van der Waals surface area contributed by atoms with E-state index in [9.17, 15) is 5.11 Å². The lowest BCUT2D eigenvalue weighted by molar-refractivity contribution is 0.231. The van der Waals surface area contributed by atoms with Gasteiger partial charge in [-0.25, -0.2) is 0 Å². The highest BCUT2D eigenvalue weighted by molar-refractivity contribution is 6.19. The zero-order valence-electron chi connectivity index (χ0n) is 12.4. The van der Waals surface area contributed by atoms with E-state index in [1.54, 1.807) is 0 Å². The van der Waals surface area contributed by atoms with Gasteiger partial charge in [0.15, 0.2) is 0 Å². The van der Waals surface area contributed by atoms with Crippen molar-refractivity contribution in [2.45, 2.75) is 13.0 Å². The summed E-state index contributed by atoms with van der Waals surface area (Å²) in [6.07, 6.45) is 5.18. The summed E-state index contributed by atoms with van der Waals surface area (Å²) in [5.74, 6) is 0. The third kappa shape index (κ3) is 1.96. The molecule has 0 fully saturated rings. The Hall–Kier alpha value is -2.46. The minimum absolute atomic E-state index is 0.463. The lowest BCUT2D eigenvalue weighted by atomic mass is 9.93. The van der Waals surface area contributed by atoms with E-state index in [1.807, 2.05) is 30.7 Å². The van der Waals surface area contributed by atoms with Gasteiger partial charge < -0.3 is 10.0 Å². The fourth-order valence-corrected chi connectivity index (χ4v) is 3.11. The van der Waals surface area contributed by atoms with Crippen LogP contribution in [0.4, 0.5) is 5.69 Å². The fourth-order valence-electron chi connectivity index (χ4n) is 3.11. The minimum atomic E-state index is -0.475. The largest absolute Gasteiger partial charge is 0.386 e. The van der Waals surface area contributed by atoms with Crippen LogP contribution in [0.15, 0.2) is 59.5 Å². The van der Waals surface area contributed by atoms with Crippen LogP contribution in [0.2, 0.25) is 0 Å². The molecular weight excluding hydrogens is 274 g/mol. The van der Waals surface area contributed by atoms with Crippen molar-refractivity contribution in [2.24, 2.45) is 4.99 Å².